The van der Waals surface area contributed by atoms with E-state index in [9.17, 15) is 19.8 Å². The predicted molar refractivity (Wildman–Crippen MR) is 75.0 cm³/mol. The second kappa shape index (κ2) is 7.04. The summed E-state index contributed by atoms with van der Waals surface area (Å²) in [5.41, 5.74) is 4.69. The van der Waals surface area contributed by atoms with Gasteiger partial charge in [-0.15, -0.1) is 0 Å². The molecule has 0 aromatic rings. The second-order valence-electron chi connectivity index (χ2n) is 6.09. The van der Waals surface area contributed by atoms with Crippen molar-refractivity contribution in [1.29, 1.82) is 0 Å². The third kappa shape index (κ3) is 4.18. The van der Waals surface area contributed by atoms with Crippen LogP contribution >= 0.6 is 0 Å². The van der Waals surface area contributed by atoms with Gasteiger partial charge in [-0.1, -0.05) is 6.92 Å². The number of amides is 1. The number of carboxylic acid groups (broad SMARTS) is 1. The van der Waals surface area contributed by atoms with E-state index >= 15 is 0 Å². The minimum atomic E-state index is -1.10. The molecule has 4 atom stereocenters. The third-order valence-corrected chi connectivity index (χ3v) is 4.31. The van der Waals surface area contributed by atoms with E-state index in [4.69, 9.17) is 5.73 Å². The first kappa shape index (κ1) is 16.9. The summed E-state index contributed by atoms with van der Waals surface area (Å²) in [6.45, 7) is 4.09. The van der Waals surface area contributed by atoms with Gasteiger partial charge in [-0.3, -0.25) is 9.59 Å². The maximum Gasteiger partial charge on any atom is 0.312 e. The minimum Gasteiger partial charge on any atom is -0.481 e. The second-order valence-corrected chi connectivity index (χ2v) is 6.09. The Morgan fingerprint density at radius 1 is 1.45 bits per heavy atom. The summed E-state index contributed by atoms with van der Waals surface area (Å²) in [5, 5.41) is 22.2. The van der Waals surface area contributed by atoms with Gasteiger partial charge in [-0.25, -0.2) is 0 Å². The SMILES string of the molecule is CC(=O)NCCC(C)CCC1(C(=O)O)CC(N)CC1O. The first-order valence-corrected chi connectivity index (χ1v) is 7.19. The highest BCUT2D eigenvalue weighted by molar-refractivity contribution is 5.76. The van der Waals surface area contributed by atoms with Gasteiger partial charge >= 0.3 is 5.97 Å². The van der Waals surface area contributed by atoms with Crippen molar-refractivity contribution < 1.29 is 19.8 Å². The number of hydrogen-bond acceptors (Lipinski definition) is 4. The Morgan fingerprint density at radius 3 is 2.55 bits per heavy atom. The highest BCUT2D eigenvalue weighted by atomic mass is 16.4. The molecule has 0 spiro atoms. The van der Waals surface area contributed by atoms with E-state index in [2.05, 4.69) is 5.32 Å². The summed E-state index contributed by atoms with van der Waals surface area (Å²) in [6, 6.07) is -0.240. The van der Waals surface area contributed by atoms with E-state index < -0.39 is 17.5 Å². The largest absolute Gasteiger partial charge is 0.481 e. The van der Waals surface area contributed by atoms with Crippen LogP contribution in [0, 0.1) is 11.3 Å². The Labute approximate surface area is 119 Å². The molecule has 5 N–H and O–H groups in total. The van der Waals surface area contributed by atoms with E-state index in [-0.39, 0.29) is 11.9 Å². The van der Waals surface area contributed by atoms with Crippen LogP contribution in [0.4, 0.5) is 0 Å². The molecule has 0 aromatic heterocycles. The van der Waals surface area contributed by atoms with Crippen LogP contribution in [0.25, 0.3) is 0 Å². The Hall–Kier alpha value is -1.14. The first-order chi connectivity index (χ1) is 9.28. The number of carboxylic acids is 1. The van der Waals surface area contributed by atoms with Crippen LogP contribution in [0.2, 0.25) is 0 Å². The molecule has 0 saturated heterocycles. The van der Waals surface area contributed by atoms with Crippen LogP contribution in [-0.4, -0.2) is 40.8 Å². The van der Waals surface area contributed by atoms with E-state index in [0.717, 1.165) is 6.42 Å². The lowest BCUT2D eigenvalue weighted by Crippen LogP contribution is -2.39. The fourth-order valence-electron chi connectivity index (χ4n) is 2.95. The predicted octanol–water partition coefficient (Wildman–Crippen LogP) is 0.482. The molecular formula is C14H26N2O4. The fraction of sp³-hybridized carbons (Fsp3) is 0.857. The normalized spacial score (nSPS) is 31.0. The molecular weight excluding hydrogens is 260 g/mol. The highest BCUT2D eigenvalue weighted by Gasteiger charge is 2.51. The maximum absolute atomic E-state index is 11.5. The lowest BCUT2D eigenvalue weighted by atomic mass is 9.77. The van der Waals surface area contributed by atoms with E-state index in [1.807, 2.05) is 6.92 Å². The number of rotatable bonds is 7. The molecule has 4 unspecified atom stereocenters. The van der Waals surface area contributed by atoms with Gasteiger partial charge in [0, 0.05) is 19.5 Å². The number of nitrogens with one attached hydrogen (secondary N) is 1. The average Bonchev–Trinajstić information content (AvgIpc) is 2.62. The summed E-state index contributed by atoms with van der Waals surface area (Å²) in [4.78, 5) is 22.3. The van der Waals surface area contributed by atoms with Gasteiger partial charge in [-0.2, -0.15) is 0 Å². The van der Waals surface area contributed by atoms with Crippen molar-refractivity contribution in [2.45, 2.75) is 58.1 Å². The van der Waals surface area contributed by atoms with Crippen LogP contribution in [0.3, 0.4) is 0 Å². The zero-order chi connectivity index (χ0) is 15.3. The number of nitrogens with two attached hydrogens (primary N) is 1. The van der Waals surface area contributed by atoms with Gasteiger partial charge in [-0.05, 0) is 38.0 Å². The van der Waals surface area contributed by atoms with Crippen molar-refractivity contribution in [2.75, 3.05) is 6.54 Å². The molecule has 6 heteroatoms. The fourth-order valence-corrected chi connectivity index (χ4v) is 2.95. The molecule has 1 aliphatic rings. The molecule has 0 aliphatic heterocycles. The Morgan fingerprint density at radius 2 is 2.10 bits per heavy atom. The van der Waals surface area contributed by atoms with Crippen LogP contribution < -0.4 is 11.1 Å². The van der Waals surface area contributed by atoms with Crippen molar-refractivity contribution in [1.82, 2.24) is 5.32 Å². The smallest absolute Gasteiger partial charge is 0.312 e. The van der Waals surface area contributed by atoms with Crippen molar-refractivity contribution >= 4 is 11.9 Å². The van der Waals surface area contributed by atoms with Crippen LogP contribution in [0.5, 0.6) is 0 Å². The van der Waals surface area contributed by atoms with Gasteiger partial charge in [0.05, 0.1) is 11.5 Å². The lowest BCUT2D eigenvalue weighted by Gasteiger charge is -2.29. The number of carbonyl (C=O) groups excluding carboxylic acids is 1. The molecule has 116 valence electrons. The lowest BCUT2D eigenvalue weighted by molar-refractivity contribution is -0.155. The molecule has 1 amide bonds. The van der Waals surface area contributed by atoms with E-state index in [1.165, 1.54) is 6.92 Å². The molecule has 1 aliphatic carbocycles. The zero-order valence-corrected chi connectivity index (χ0v) is 12.3. The molecule has 0 radical (unpaired) electrons. The van der Waals surface area contributed by atoms with Gasteiger partial charge in [0.1, 0.15) is 0 Å². The molecule has 1 rings (SSSR count). The molecule has 1 fully saturated rings. The monoisotopic (exact) mass is 286 g/mol. The quantitative estimate of drug-likeness (QED) is 0.544. The van der Waals surface area contributed by atoms with E-state index in [1.54, 1.807) is 0 Å². The average molecular weight is 286 g/mol. The summed E-state index contributed by atoms with van der Waals surface area (Å²) in [5.74, 6) is -0.717. The molecule has 0 bridgehead atoms. The topological polar surface area (TPSA) is 113 Å². The minimum absolute atomic E-state index is 0.0589. The third-order valence-electron chi connectivity index (χ3n) is 4.31. The molecule has 1 saturated carbocycles. The van der Waals surface area contributed by atoms with Crippen molar-refractivity contribution in [3.05, 3.63) is 0 Å². The first-order valence-electron chi connectivity index (χ1n) is 7.19. The number of aliphatic hydroxyl groups excluding tert-OH is 1. The standard InChI is InChI=1S/C14H26N2O4/c1-9(4-6-16-10(2)17)3-5-14(13(19)20)8-11(15)7-12(14)18/h9,11-12,18H,3-8,15H2,1-2H3,(H,16,17)(H,19,20). The van der Waals surface area contributed by atoms with E-state index in [0.29, 0.717) is 38.1 Å². The molecule has 0 heterocycles. The van der Waals surface area contributed by atoms with Crippen molar-refractivity contribution in [3.8, 4) is 0 Å². The Bertz CT molecular complexity index is 361. The van der Waals surface area contributed by atoms with Crippen LogP contribution in [0.1, 0.15) is 46.0 Å². The van der Waals surface area contributed by atoms with Gasteiger partial charge in [0.2, 0.25) is 5.91 Å². The van der Waals surface area contributed by atoms with Crippen LogP contribution in [-0.2, 0) is 9.59 Å². The highest BCUT2D eigenvalue weighted by Crippen LogP contribution is 2.43. The number of aliphatic carboxylic acids is 1. The Kier molecular flexibility index (Phi) is 5.95. The number of hydrogen-bond donors (Lipinski definition) is 4. The molecule has 6 nitrogen and oxygen atoms in total. The zero-order valence-electron chi connectivity index (χ0n) is 12.3. The van der Waals surface area contributed by atoms with Gasteiger partial charge < -0.3 is 21.3 Å². The molecule has 0 aromatic carbocycles. The van der Waals surface area contributed by atoms with Crippen LogP contribution in [0.15, 0.2) is 0 Å². The van der Waals surface area contributed by atoms with Crippen molar-refractivity contribution in [2.24, 2.45) is 17.1 Å². The van der Waals surface area contributed by atoms with Gasteiger partial charge in [0.15, 0.2) is 0 Å². The molecule has 20 heavy (non-hydrogen) atoms. The maximum atomic E-state index is 11.5. The number of carbonyl (C=O) groups is 2. The van der Waals surface area contributed by atoms with Crippen molar-refractivity contribution in [3.63, 3.8) is 0 Å². The summed E-state index contributed by atoms with van der Waals surface area (Å²) in [7, 11) is 0. The summed E-state index contributed by atoms with van der Waals surface area (Å²) >= 11 is 0. The van der Waals surface area contributed by atoms with Gasteiger partial charge in [0.25, 0.3) is 0 Å². The summed E-state index contributed by atoms with van der Waals surface area (Å²) < 4.78 is 0. The summed E-state index contributed by atoms with van der Waals surface area (Å²) in [6.07, 6.45) is 1.76. The Balaban J connectivity index is 2.48. The number of aliphatic hydroxyl groups is 1.